The summed E-state index contributed by atoms with van der Waals surface area (Å²) in [6, 6.07) is 17.5. The van der Waals surface area contributed by atoms with Crippen molar-refractivity contribution >= 4 is 11.5 Å². The molecule has 3 nitrogen and oxygen atoms in total. The average Bonchev–Trinajstić information content (AvgIpc) is 2.52. The number of benzene rings is 2. The minimum atomic E-state index is -0.964. The molecule has 0 aliphatic heterocycles. The summed E-state index contributed by atoms with van der Waals surface area (Å²) in [5.41, 5.74) is 2.98. The second-order valence-corrected chi connectivity index (χ2v) is 4.37. The lowest BCUT2D eigenvalue weighted by Crippen LogP contribution is -1.89. The van der Waals surface area contributed by atoms with Crippen LogP contribution in [-0.2, 0) is 4.79 Å². The van der Waals surface area contributed by atoms with E-state index in [0.29, 0.717) is 0 Å². The predicted molar refractivity (Wildman–Crippen MR) is 83.3 cm³/mol. The zero-order valence-corrected chi connectivity index (χ0v) is 11.7. The number of carboxylic acids is 1. The van der Waals surface area contributed by atoms with Crippen molar-refractivity contribution in [2.24, 2.45) is 0 Å². The number of hydrogen-bond donors (Lipinski definition) is 1. The summed E-state index contributed by atoms with van der Waals surface area (Å²) >= 11 is 0. The molecule has 0 unspecified atom stereocenters. The Morgan fingerprint density at radius 1 is 1.00 bits per heavy atom. The number of rotatable bonds is 5. The lowest BCUT2D eigenvalue weighted by atomic mass is 9.97. The molecule has 2 aromatic carbocycles. The standard InChI is InChI=1S/C18H16O3/c1-21-16-12-10-15(11-13-16)17(8-5-9-18(19)20)14-6-3-2-4-7-14/h2-13H,1H3,(H,19,20)/b9-5+,17-8+. The number of hydrogen-bond acceptors (Lipinski definition) is 2. The zero-order chi connectivity index (χ0) is 15.1. The lowest BCUT2D eigenvalue weighted by Gasteiger charge is -2.08. The SMILES string of the molecule is COc1ccc(/C(=C/C=C/C(=O)O)c2ccccc2)cc1. The summed E-state index contributed by atoms with van der Waals surface area (Å²) in [6.45, 7) is 0. The number of aliphatic carboxylic acids is 1. The predicted octanol–water partition coefficient (Wildman–Crippen LogP) is 3.77. The second kappa shape index (κ2) is 7.10. The van der Waals surface area contributed by atoms with Crippen molar-refractivity contribution in [3.05, 3.63) is 84.0 Å². The molecular formula is C18H16O3. The molecule has 0 aliphatic carbocycles. The topological polar surface area (TPSA) is 46.5 Å². The van der Waals surface area contributed by atoms with Gasteiger partial charge in [0.25, 0.3) is 0 Å². The highest BCUT2D eigenvalue weighted by molar-refractivity contribution is 5.84. The third-order valence-corrected chi connectivity index (χ3v) is 2.99. The summed E-state index contributed by atoms with van der Waals surface area (Å²) < 4.78 is 5.16. The fourth-order valence-electron chi connectivity index (χ4n) is 1.97. The van der Waals surface area contributed by atoms with Gasteiger partial charge in [0.15, 0.2) is 0 Å². The smallest absolute Gasteiger partial charge is 0.328 e. The van der Waals surface area contributed by atoms with Crippen LogP contribution in [0.4, 0.5) is 0 Å². The third kappa shape index (κ3) is 4.08. The van der Waals surface area contributed by atoms with Crippen LogP contribution in [0.15, 0.2) is 72.8 Å². The molecule has 0 amide bonds. The number of methoxy groups -OCH3 is 1. The van der Waals surface area contributed by atoms with E-state index in [2.05, 4.69) is 0 Å². The number of carbonyl (C=O) groups is 1. The first-order valence-corrected chi connectivity index (χ1v) is 6.52. The molecule has 0 heterocycles. The van der Waals surface area contributed by atoms with E-state index in [9.17, 15) is 4.79 Å². The van der Waals surface area contributed by atoms with Crippen LogP contribution in [0.25, 0.3) is 5.57 Å². The molecule has 0 bridgehead atoms. The Balaban J connectivity index is 2.42. The van der Waals surface area contributed by atoms with E-state index in [-0.39, 0.29) is 0 Å². The average molecular weight is 280 g/mol. The third-order valence-electron chi connectivity index (χ3n) is 2.99. The normalized spacial score (nSPS) is 11.6. The highest BCUT2D eigenvalue weighted by atomic mass is 16.5. The molecule has 0 saturated carbocycles. The monoisotopic (exact) mass is 280 g/mol. The van der Waals surface area contributed by atoms with Crippen LogP contribution in [-0.4, -0.2) is 18.2 Å². The van der Waals surface area contributed by atoms with E-state index >= 15 is 0 Å². The van der Waals surface area contributed by atoms with Crippen molar-refractivity contribution in [1.29, 1.82) is 0 Å². The van der Waals surface area contributed by atoms with Crippen LogP contribution in [0.5, 0.6) is 5.75 Å². The van der Waals surface area contributed by atoms with E-state index in [1.807, 2.05) is 54.6 Å². The molecule has 0 fully saturated rings. The molecule has 0 aliphatic rings. The van der Waals surface area contributed by atoms with Crippen LogP contribution in [0.1, 0.15) is 11.1 Å². The fraction of sp³-hybridized carbons (Fsp3) is 0.0556. The first kappa shape index (κ1) is 14.6. The Hall–Kier alpha value is -2.81. The van der Waals surface area contributed by atoms with Gasteiger partial charge in [0.2, 0.25) is 0 Å². The summed E-state index contributed by atoms with van der Waals surface area (Å²) in [5.74, 6) is -0.180. The Kier molecular flexibility index (Phi) is 4.94. The molecule has 21 heavy (non-hydrogen) atoms. The molecule has 0 radical (unpaired) electrons. The highest BCUT2D eigenvalue weighted by Crippen LogP contribution is 2.25. The first-order valence-electron chi connectivity index (χ1n) is 6.52. The number of ether oxygens (including phenoxy) is 1. The van der Waals surface area contributed by atoms with Gasteiger partial charge in [-0.05, 0) is 28.8 Å². The highest BCUT2D eigenvalue weighted by Gasteiger charge is 2.04. The van der Waals surface area contributed by atoms with Crippen molar-refractivity contribution in [3.8, 4) is 5.75 Å². The first-order chi connectivity index (χ1) is 10.2. The van der Waals surface area contributed by atoms with Gasteiger partial charge in [-0.25, -0.2) is 4.79 Å². The minimum Gasteiger partial charge on any atom is -0.497 e. The largest absolute Gasteiger partial charge is 0.497 e. The van der Waals surface area contributed by atoms with Gasteiger partial charge in [-0.2, -0.15) is 0 Å². The summed E-state index contributed by atoms with van der Waals surface area (Å²) in [7, 11) is 1.62. The maximum absolute atomic E-state index is 10.6. The van der Waals surface area contributed by atoms with Gasteiger partial charge in [0.05, 0.1) is 7.11 Å². The van der Waals surface area contributed by atoms with Gasteiger partial charge in [-0.1, -0.05) is 54.6 Å². The molecule has 0 aromatic heterocycles. The molecule has 0 saturated heterocycles. The van der Waals surface area contributed by atoms with Gasteiger partial charge in [0, 0.05) is 6.08 Å². The van der Waals surface area contributed by atoms with E-state index < -0.39 is 5.97 Å². The molecule has 0 atom stereocenters. The van der Waals surface area contributed by atoms with Gasteiger partial charge in [-0.3, -0.25) is 0 Å². The van der Waals surface area contributed by atoms with Crippen LogP contribution < -0.4 is 4.74 Å². The van der Waals surface area contributed by atoms with E-state index in [1.165, 1.54) is 6.08 Å². The minimum absolute atomic E-state index is 0.784. The maximum Gasteiger partial charge on any atom is 0.328 e. The van der Waals surface area contributed by atoms with Crippen molar-refractivity contribution < 1.29 is 14.6 Å². The Bertz CT molecular complexity index is 653. The van der Waals surface area contributed by atoms with Crippen molar-refractivity contribution in [2.45, 2.75) is 0 Å². The van der Waals surface area contributed by atoms with Gasteiger partial charge in [0.1, 0.15) is 5.75 Å². The van der Waals surface area contributed by atoms with E-state index in [1.54, 1.807) is 13.2 Å². The molecule has 2 rings (SSSR count). The van der Waals surface area contributed by atoms with Crippen molar-refractivity contribution in [1.82, 2.24) is 0 Å². The Morgan fingerprint density at radius 3 is 2.19 bits per heavy atom. The molecule has 0 spiro atoms. The van der Waals surface area contributed by atoms with Crippen LogP contribution in [0, 0.1) is 0 Å². The lowest BCUT2D eigenvalue weighted by molar-refractivity contribution is -0.131. The fourth-order valence-corrected chi connectivity index (χ4v) is 1.97. The second-order valence-electron chi connectivity index (χ2n) is 4.37. The molecule has 3 heteroatoms. The van der Waals surface area contributed by atoms with E-state index in [4.69, 9.17) is 9.84 Å². The van der Waals surface area contributed by atoms with E-state index in [0.717, 1.165) is 28.5 Å². The quantitative estimate of drug-likeness (QED) is 0.670. The number of carboxylic acid groups (broad SMARTS) is 1. The zero-order valence-electron chi connectivity index (χ0n) is 11.7. The van der Waals surface area contributed by atoms with Gasteiger partial charge >= 0.3 is 5.97 Å². The summed E-state index contributed by atoms with van der Waals surface area (Å²) in [6.07, 6.45) is 4.45. The van der Waals surface area contributed by atoms with Crippen molar-refractivity contribution in [3.63, 3.8) is 0 Å². The molecule has 2 aromatic rings. The van der Waals surface area contributed by atoms with Crippen LogP contribution in [0.3, 0.4) is 0 Å². The van der Waals surface area contributed by atoms with Crippen LogP contribution >= 0.6 is 0 Å². The number of allylic oxidation sites excluding steroid dienone is 2. The molecule has 106 valence electrons. The Morgan fingerprint density at radius 2 is 1.62 bits per heavy atom. The van der Waals surface area contributed by atoms with Crippen LogP contribution in [0.2, 0.25) is 0 Å². The van der Waals surface area contributed by atoms with Gasteiger partial charge in [-0.15, -0.1) is 0 Å². The maximum atomic E-state index is 10.6. The van der Waals surface area contributed by atoms with Gasteiger partial charge < -0.3 is 9.84 Å². The van der Waals surface area contributed by atoms with Crippen molar-refractivity contribution in [2.75, 3.05) is 7.11 Å². The Labute approximate surface area is 123 Å². The molecule has 1 N–H and O–H groups in total. The summed E-state index contributed by atoms with van der Waals surface area (Å²) in [4.78, 5) is 10.6. The summed E-state index contributed by atoms with van der Waals surface area (Å²) in [5, 5.41) is 8.70. The molecular weight excluding hydrogens is 264 g/mol.